The Bertz CT molecular complexity index is 740. The molecule has 0 aromatic heterocycles. The molecule has 2 heterocycles. The van der Waals surface area contributed by atoms with Crippen LogP contribution in [0.4, 0.5) is 4.79 Å². The Hall–Kier alpha value is -1.98. The van der Waals surface area contributed by atoms with Crippen LogP contribution < -0.4 is 5.32 Å². The molecule has 2 amide bonds. The van der Waals surface area contributed by atoms with Crippen molar-refractivity contribution in [1.82, 2.24) is 15.1 Å². The summed E-state index contributed by atoms with van der Waals surface area (Å²) in [5.74, 6) is 2.17. The number of likely N-dealkylation sites (tertiary alicyclic amines) is 1. The molecule has 1 unspecified atom stereocenters. The maximum Gasteiger partial charge on any atom is 0.318 e. The fourth-order valence-corrected chi connectivity index (χ4v) is 5.60. The van der Waals surface area contributed by atoms with Gasteiger partial charge in [-0.3, -0.25) is 0 Å². The molecule has 2 saturated heterocycles. The lowest BCUT2D eigenvalue weighted by atomic mass is 9.99. The van der Waals surface area contributed by atoms with Crippen molar-refractivity contribution in [2.45, 2.75) is 37.8 Å². The van der Waals surface area contributed by atoms with E-state index in [4.69, 9.17) is 0 Å². The third-order valence-electron chi connectivity index (χ3n) is 6.15. The van der Waals surface area contributed by atoms with Gasteiger partial charge >= 0.3 is 6.03 Å². The molecule has 1 N–H and O–H groups in total. The van der Waals surface area contributed by atoms with E-state index in [2.05, 4.69) is 39.4 Å². The second-order valence-corrected chi connectivity index (χ2v) is 9.49. The number of nitrogens with zero attached hydrogens (tertiary/aromatic N) is 2. The van der Waals surface area contributed by atoms with Gasteiger partial charge in [0.15, 0.2) is 0 Å². The summed E-state index contributed by atoms with van der Waals surface area (Å²) < 4.78 is 0. The van der Waals surface area contributed by atoms with Crippen LogP contribution in [0.1, 0.15) is 42.9 Å². The molecule has 2 aliphatic rings. The molecule has 0 aliphatic carbocycles. The van der Waals surface area contributed by atoms with Gasteiger partial charge in [-0.25, -0.2) is 4.79 Å². The summed E-state index contributed by atoms with van der Waals surface area (Å²) in [5, 5.41) is 3.37. The van der Waals surface area contributed by atoms with Gasteiger partial charge in [-0.1, -0.05) is 67.1 Å². The lowest BCUT2D eigenvalue weighted by molar-refractivity contribution is 0.142. The average Bonchev–Trinajstić information content (AvgIpc) is 3.05. The maximum atomic E-state index is 13.5. The minimum Gasteiger partial charge on any atom is -0.327 e. The van der Waals surface area contributed by atoms with Crippen LogP contribution >= 0.6 is 11.8 Å². The number of carbonyl (C=O) groups excluding carboxylic acids is 1. The molecule has 5 heteroatoms. The molecule has 30 heavy (non-hydrogen) atoms. The number of carbonyl (C=O) groups is 1. The molecule has 2 aromatic rings. The minimum absolute atomic E-state index is 0.0669. The van der Waals surface area contributed by atoms with Crippen molar-refractivity contribution >= 4 is 17.8 Å². The second-order valence-electron chi connectivity index (χ2n) is 8.34. The average molecular weight is 424 g/mol. The zero-order chi connectivity index (χ0) is 20.6. The first-order valence-electron chi connectivity index (χ1n) is 11.3. The Morgan fingerprint density at radius 2 is 1.53 bits per heavy atom. The fraction of sp³-hybridized carbons (Fsp3) is 0.480. The highest BCUT2D eigenvalue weighted by atomic mass is 32.2. The van der Waals surface area contributed by atoms with Crippen LogP contribution in [0, 0.1) is 0 Å². The van der Waals surface area contributed by atoms with E-state index in [-0.39, 0.29) is 18.1 Å². The Labute approximate surface area is 185 Å². The van der Waals surface area contributed by atoms with E-state index in [0.29, 0.717) is 0 Å². The number of hydrogen-bond acceptors (Lipinski definition) is 3. The highest BCUT2D eigenvalue weighted by Crippen LogP contribution is 2.24. The predicted octanol–water partition coefficient (Wildman–Crippen LogP) is 4.78. The molecule has 4 rings (SSSR count). The van der Waals surface area contributed by atoms with Crippen LogP contribution in [0.2, 0.25) is 0 Å². The molecule has 2 aliphatic heterocycles. The number of urea groups is 1. The van der Waals surface area contributed by atoms with Crippen molar-refractivity contribution in [2.24, 2.45) is 0 Å². The normalized spacial score (nSPS) is 20.7. The summed E-state index contributed by atoms with van der Waals surface area (Å²) in [6, 6.07) is 20.8. The van der Waals surface area contributed by atoms with Gasteiger partial charge in [0.05, 0.1) is 12.1 Å². The topological polar surface area (TPSA) is 35.6 Å². The quantitative estimate of drug-likeness (QED) is 0.752. The van der Waals surface area contributed by atoms with Gasteiger partial charge in [0.2, 0.25) is 0 Å². The first-order chi connectivity index (χ1) is 14.8. The third kappa shape index (κ3) is 5.58. The molecule has 0 spiro atoms. The number of benzene rings is 2. The van der Waals surface area contributed by atoms with E-state index in [9.17, 15) is 4.79 Å². The van der Waals surface area contributed by atoms with Gasteiger partial charge in [0.1, 0.15) is 0 Å². The van der Waals surface area contributed by atoms with Crippen LogP contribution in [0.15, 0.2) is 60.7 Å². The zero-order valence-electron chi connectivity index (χ0n) is 17.7. The summed E-state index contributed by atoms with van der Waals surface area (Å²) in [6.45, 7) is 4.19. The fourth-order valence-electron chi connectivity index (χ4n) is 4.54. The van der Waals surface area contributed by atoms with E-state index in [1.165, 1.54) is 32.4 Å². The molecule has 0 bridgehead atoms. The molecule has 2 fully saturated rings. The lowest BCUT2D eigenvalue weighted by Gasteiger charge is -2.36. The van der Waals surface area contributed by atoms with Gasteiger partial charge in [0, 0.05) is 18.8 Å². The molecular weight excluding hydrogens is 390 g/mol. The predicted molar refractivity (Wildman–Crippen MR) is 126 cm³/mol. The molecular formula is C25H33N3OS. The van der Waals surface area contributed by atoms with E-state index >= 15 is 0 Å². The maximum absolute atomic E-state index is 13.5. The van der Waals surface area contributed by atoms with Crippen LogP contribution in [0.3, 0.4) is 0 Å². The zero-order valence-corrected chi connectivity index (χ0v) is 18.5. The second kappa shape index (κ2) is 10.9. The molecule has 2 aromatic carbocycles. The monoisotopic (exact) mass is 423 g/mol. The Morgan fingerprint density at radius 3 is 2.17 bits per heavy atom. The summed E-state index contributed by atoms with van der Waals surface area (Å²) in [4.78, 5) is 18.2. The smallest absolute Gasteiger partial charge is 0.318 e. The molecule has 160 valence electrons. The van der Waals surface area contributed by atoms with Crippen molar-refractivity contribution in [3.8, 4) is 0 Å². The van der Waals surface area contributed by atoms with Crippen molar-refractivity contribution in [3.05, 3.63) is 71.8 Å². The summed E-state index contributed by atoms with van der Waals surface area (Å²) >= 11 is 2.00. The standard InChI is InChI=1S/C25H33N3OS/c29-25(26-24(21-11-4-1-5-12-21)22-13-6-2-7-14-22)28-17-10-18-30-20-23(28)19-27-15-8-3-9-16-27/h1-2,4-7,11-14,23-24H,3,8-10,15-20H2,(H,26,29). The molecule has 1 atom stereocenters. The Balaban J connectivity index is 1.52. The number of rotatable bonds is 5. The van der Waals surface area contributed by atoms with Crippen LogP contribution in [-0.2, 0) is 0 Å². The summed E-state index contributed by atoms with van der Waals surface area (Å²) in [5.41, 5.74) is 2.24. The van der Waals surface area contributed by atoms with Gasteiger partial charge in [-0.2, -0.15) is 11.8 Å². The Kier molecular flexibility index (Phi) is 7.70. The first-order valence-corrected chi connectivity index (χ1v) is 12.4. The lowest BCUT2D eigenvalue weighted by Crippen LogP contribution is -2.52. The molecule has 4 nitrogen and oxygen atoms in total. The van der Waals surface area contributed by atoms with Gasteiger partial charge < -0.3 is 15.1 Å². The minimum atomic E-state index is -0.133. The van der Waals surface area contributed by atoms with Crippen LogP contribution in [0.25, 0.3) is 0 Å². The third-order valence-corrected chi connectivity index (χ3v) is 7.35. The highest BCUT2D eigenvalue weighted by Gasteiger charge is 2.29. The van der Waals surface area contributed by atoms with Crippen LogP contribution in [-0.4, -0.2) is 59.6 Å². The number of amides is 2. The number of nitrogens with one attached hydrogen (secondary N) is 1. The molecule has 0 radical (unpaired) electrons. The Morgan fingerprint density at radius 1 is 0.900 bits per heavy atom. The largest absolute Gasteiger partial charge is 0.327 e. The number of thioether (sulfide) groups is 1. The van der Waals surface area contributed by atoms with Gasteiger partial charge in [0.25, 0.3) is 0 Å². The van der Waals surface area contributed by atoms with Crippen molar-refractivity contribution in [3.63, 3.8) is 0 Å². The SMILES string of the molecule is O=C(NC(c1ccccc1)c1ccccc1)N1CCCSCC1CN1CCCCC1. The highest BCUT2D eigenvalue weighted by molar-refractivity contribution is 7.99. The van der Waals surface area contributed by atoms with E-state index in [1.54, 1.807) is 0 Å². The van der Waals surface area contributed by atoms with E-state index < -0.39 is 0 Å². The van der Waals surface area contributed by atoms with Crippen molar-refractivity contribution in [2.75, 3.05) is 37.7 Å². The van der Waals surface area contributed by atoms with Crippen molar-refractivity contribution < 1.29 is 4.79 Å². The summed E-state index contributed by atoms with van der Waals surface area (Å²) in [6.07, 6.45) is 4.98. The van der Waals surface area contributed by atoms with Gasteiger partial charge in [-0.15, -0.1) is 0 Å². The van der Waals surface area contributed by atoms with E-state index in [0.717, 1.165) is 42.1 Å². The van der Waals surface area contributed by atoms with Gasteiger partial charge in [-0.05, 0) is 49.2 Å². The molecule has 0 saturated carbocycles. The first kappa shape index (κ1) is 21.3. The van der Waals surface area contributed by atoms with Crippen LogP contribution in [0.5, 0.6) is 0 Å². The number of hydrogen-bond donors (Lipinski definition) is 1. The number of piperidine rings is 1. The summed E-state index contributed by atoms with van der Waals surface area (Å²) in [7, 11) is 0. The van der Waals surface area contributed by atoms with E-state index in [1.807, 2.05) is 48.2 Å². The van der Waals surface area contributed by atoms with Crippen molar-refractivity contribution in [1.29, 1.82) is 0 Å².